The molecular formula is C15H11FS. The van der Waals surface area contributed by atoms with Crippen LogP contribution in [0.2, 0.25) is 0 Å². The largest absolute Gasteiger partial charge is 0.207 e. The van der Waals surface area contributed by atoms with Crippen LogP contribution in [0.15, 0.2) is 53.9 Å². The van der Waals surface area contributed by atoms with Gasteiger partial charge in [-0.1, -0.05) is 24.3 Å². The van der Waals surface area contributed by atoms with E-state index in [1.807, 2.05) is 6.07 Å². The minimum Gasteiger partial charge on any atom is -0.207 e. The maximum Gasteiger partial charge on any atom is 0.123 e. The van der Waals surface area contributed by atoms with E-state index >= 15 is 0 Å². The second-order valence-corrected chi connectivity index (χ2v) is 5.00. The van der Waals surface area contributed by atoms with Crippen molar-refractivity contribution in [1.29, 1.82) is 0 Å². The average Bonchev–Trinajstić information content (AvgIpc) is 2.78. The molecule has 3 rings (SSSR count). The molecule has 1 heterocycles. The minimum atomic E-state index is -0.167. The molecule has 2 heteroatoms. The lowest BCUT2D eigenvalue weighted by molar-refractivity contribution is 0.626. The predicted octanol–water partition coefficient (Wildman–Crippen LogP) is 4.63. The summed E-state index contributed by atoms with van der Waals surface area (Å²) in [7, 11) is 0. The topological polar surface area (TPSA) is 0 Å². The van der Waals surface area contributed by atoms with Gasteiger partial charge in [0.2, 0.25) is 0 Å². The predicted molar refractivity (Wildman–Crippen MR) is 71.0 cm³/mol. The van der Waals surface area contributed by atoms with E-state index in [1.165, 1.54) is 21.7 Å². The summed E-state index contributed by atoms with van der Waals surface area (Å²) in [5.74, 6) is -0.167. The Hall–Kier alpha value is -1.67. The number of benzene rings is 2. The van der Waals surface area contributed by atoms with Gasteiger partial charge < -0.3 is 0 Å². The molecule has 0 spiro atoms. The van der Waals surface area contributed by atoms with E-state index in [0.717, 1.165) is 12.0 Å². The maximum atomic E-state index is 13.1. The van der Waals surface area contributed by atoms with Crippen molar-refractivity contribution < 1.29 is 4.39 Å². The normalized spacial score (nSPS) is 10.9. The highest BCUT2D eigenvalue weighted by molar-refractivity contribution is 7.17. The third-order valence-electron chi connectivity index (χ3n) is 2.87. The summed E-state index contributed by atoms with van der Waals surface area (Å²) >= 11 is 1.74. The fourth-order valence-electron chi connectivity index (χ4n) is 2.08. The Morgan fingerprint density at radius 1 is 1.00 bits per heavy atom. The van der Waals surface area contributed by atoms with Crippen molar-refractivity contribution in [3.8, 4) is 0 Å². The maximum absolute atomic E-state index is 13.1. The van der Waals surface area contributed by atoms with E-state index in [2.05, 4.69) is 29.6 Å². The summed E-state index contributed by atoms with van der Waals surface area (Å²) in [6.45, 7) is 0. The number of thiophene rings is 1. The van der Waals surface area contributed by atoms with Crippen molar-refractivity contribution in [3.63, 3.8) is 0 Å². The molecule has 1 aromatic heterocycles. The Bertz CT molecular complexity index is 655. The van der Waals surface area contributed by atoms with Gasteiger partial charge in [0.15, 0.2) is 0 Å². The van der Waals surface area contributed by atoms with Gasteiger partial charge in [0.1, 0.15) is 5.82 Å². The van der Waals surface area contributed by atoms with Gasteiger partial charge in [-0.15, -0.1) is 11.3 Å². The van der Waals surface area contributed by atoms with Crippen LogP contribution in [0, 0.1) is 5.82 Å². The average molecular weight is 242 g/mol. The van der Waals surface area contributed by atoms with Crippen LogP contribution in [0.5, 0.6) is 0 Å². The lowest BCUT2D eigenvalue weighted by Crippen LogP contribution is -1.89. The molecule has 84 valence electrons. The second-order valence-electron chi connectivity index (χ2n) is 4.06. The van der Waals surface area contributed by atoms with Crippen LogP contribution >= 0.6 is 11.3 Å². The zero-order valence-corrected chi connectivity index (χ0v) is 10.0. The first-order valence-electron chi connectivity index (χ1n) is 5.52. The zero-order valence-electron chi connectivity index (χ0n) is 9.19. The minimum absolute atomic E-state index is 0.167. The molecule has 0 unspecified atom stereocenters. The highest BCUT2D eigenvalue weighted by atomic mass is 32.1. The van der Waals surface area contributed by atoms with E-state index in [0.29, 0.717) is 0 Å². The molecule has 0 radical (unpaired) electrons. The molecule has 17 heavy (non-hydrogen) atoms. The Labute approximate surface area is 103 Å². The number of hydrogen-bond donors (Lipinski definition) is 0. The van der Waals surface area contributed by atoms with Crippen LogP contribution in [-0.2, 0) is 6.42 Å². The van der Waals surface area contributed by atoms with Gasteiger partial charge in [0.05, 0.1) is 0 Å². The van der Waals surface area contributed by atoms with E-state index < -0.39 is 0 Å². The number of rotatable bonds is 2. The van der Waals surface area contributed by atoms with E-state index in [4.69, 9.17) is 0 Å². The third kappa shape index (κ3) is 2.08. The smallest absolute Gasteiger partial charge is 0.123 e. The first-order chi connectivity index (χ1) is 8.33. The van der Waals surface area contributed by atoms with Gasteiger partial charge in [-0.25, -0.2) is 4.39 Å². The molecule has 0 fully saturated rings. The Morgan fingerprint density at radius 2 is 1.88 bits per heavy atom. The molecule has 0 saturated heterocycles. The SMILES string of the molecule is Fc1cccc(Cc2cccc3sccc23)c1. The molecule has 0 bridgehead atoms. The van der Waals surface area contributed by atoms with Gasteiger partial charge >= 0.3 is 0 Å². The van der Waals surface area contributed by atoms with Crippen molar-refractivity contribution >= 4 is 21.4 Å². The van der Waals surface area contributed by atoms with E-state index in [-0.39, 0.29) is 5.82 Å². The number of halogens is 1. The highest BCUT2D eigenvalue weighted by Gasteiger charge is 2.03. The Morgan fingerprint density at radius 3 is 2.76 bits per heavy atom. The molecule has 0 atom stereocenters. The monoisotopic (exact) mass is 242 g/mol. The van der Waals surface area contributed by atoms with Crippen LogP contribution in [0.3, 0.4) is 0 Å². The van der Waals surface area contributed by atoms with Crippen molar-refractivity contribution in [3.05, 3.63) is 70.9 Å². The molecule has 3 aromatic rings. The first kappa shape index (κ1) is 10.5. The molecule has 0 aliphatic rings. The zero-order chi connectivity index (χ0) is 11.7. The number of hydrogen-bond acceptors (Lipinski definition) is 1. The van der Waals surface area contributed by atoms with Crippen LogP contribution in [0.1, 0.15) is 11.1 Å². The molecule has 0 nitrogen and oxygen atoms in total. The molecular weight excluding hydrogens is 231 g/mol. The fourth-order valence-corrected chi connectivity index (χ4v) is 2.91. The van der Waals surface area contributed by atoms with Gasteiger partial charge in [0.25, 0.3) is 0 Å². The molecule has 2 aromatic carbocycles. The van der Waals surface area contributed by atoms with E-state index in [9.17, 15) is 4.39 Å². The summed E-state index contributed by atoms with van der Waals surface area (Å²) in [5, 5.41) is 3.38. The van der Waals surface area contributed by atoms with Crippen LogP contribution in [0.25, 0.3) is 10.1 Å². The summed E-state index contributed by atoms with van der Waals surface area (Å²) < 4.78 is 14.4. The van der Waals surface area contributed by atoms with Gasteiger partial charge in [-0.2, -0.15) is 0 Å². The quantitative estimate of drug-likeness (QED) is 0.614. The lowest BCUT2D eigenvalue weighted by Gasteiger charge is -2.04. The van der Waals surface area contributed by atoms with Gasteiger partial charge in [0, 0.05) is 4.70 Å². The molecule has 0 N–H and O–H groups in total. The van der Waals surface area contributed by atoms with Crippen LogP contribution in [0.4, 0.5) is 4.39 Å². The van der Waals surface area contributed by atoms with E-state index in [1.54, 1.807) is 23.5 Å². The van der Waals surface area contributed by atoms with Crippen LogP contribution in [-0.4, -0.2) is 0 Å². The van der Waals surface area contributed by atoms with Crippen molar-refractivity contribution in [2.45, 2.75) is 6.42 Å². The fraction of sp³-hybridized carbons (Fsp3) is 0.0667. The lowest BCUT2D eigenvalue weighted by atomic mass is 10.0. The van der Waals surface area contributed by atoms with Crippen molar-refractivity contribution in [1.82, 2.24) is 0 Å². The van der Waals surface area contributed by atoms with Gasteiger partial charge in [-0.3, -0.25) is 0 Å². The second kappa shape index (κ2) is 4.30. The standard InChI is InChI=1S/C15H11FS/c16-13-5-1-3-11(10-13)9-12-4-2-6-15-14(12)7-8-17-15/h1-8,10H,9H2. The highest BCUT2D eigenvalue weighted by Crippen LogP contribution is 2.25. The summed E-state index contributed by atoms with van der Waals surface area (Å²) in [5.41, 5.74) is 2.28. The molecule has 0 aliphatic carbocycles. The summed E-state index contributed by atoms with van der Waals surface area (Å²) in [6.07, 6.45) is 0.784. The molecule has 0 amide bonds. The summed E-state index contributed by atoms with van der Waals surface area (Å²) in [4.78, 5) is 0. The van der Waals surface area contributed by atoms with Gasteiger partial charge in [-0.05, 0) is 52.6 Å². The molecule has 0 aliphatic heterocycles. The van der Waals surface area contributed by atoms with Crippen LogP contribution < -0.4 is 0 Å². The Balaban J connectivity index is 2.02. The summed E-state index contributed by atoms with van der Waals surface area (Å²) in [6, 6.07) is 15.2. The first-order valence-corrected chi connectivity index (χ1v) is 6.40. The van der Waals surface area contributed by atoms with Crippen molar-refractivity contribution in [2.75, 3.05) is 0 Å². The van der Waals surface area contributed by atoms with Crippen molar-refractivity contribution in [2.24, 2.45) is 0 Å². The third-order valence-corrected chi connectivity index (χ3v) is 3.75. The Kier molecular flexibility index (Phi) is 2.65. The number of fused-ring (bicyclic) bond motifs is 1. The molecule has 0 saturated carbocycles.